The maximum Gasteiger partial charge on any atom is 0.416 e. The SMILES string of the molecule is Cc1cccc2c[n+](C)c3ccc(-c4ccc5ccn(Cc6ccc(C(F)(F)F)cc6)c5c4)cc3c12. The van der Waals surface area contributed by atoms with Gasteiger partial charge in [0.05, 0.1) is 10.9 Å². The molecule has 0 saturated carbocycles. The Balaban J connectivity index is 1.42. The first kappa shape index (κ1) is 22.4. The topological polar surface area (TPSA) is 8.81 Å². The first-order valence-corrected chi connectivity index (χ1v) is 11.8. The molecule has 2 aromatic heterocycles. The fourth-order valence-corrected chi connectivity index (χ4v) is 5.16. The monoisotopic (exact) mass is 481 g/mol. The zero-order chi connectivity index (χ0) is 25.0. The first-order valence-electron chi connectivity index (χ1n) is 11.8. The summed E-state index contributed by atoms with van der Waals surface area (Å²) < 4.78 is 43.0. The number of rotatable bonds is 3. The second-order valence-electron chi connectivity index (χ2n) is 9.42. The average Bonchev–Trinajstić information content (AvgIpc) is 3.25. The summed E-state index contributed by atoms with van der Waals surface area (Å²) in [5.41, 5.74) is 5.90. The number of nitrogens with zero attached hydrogens (tertiary/aromatic N) is 2. The van der Waals surface area contributed by atoms with Crippen LogP contribution in [-0.2, 0) is 19.8 Å². The van der Waals surface area contributed by atoms with E-state index in [2.05, 4.69) is 83.9 Å². The third-order valence-electron chi connectivity index (χ3n) is 7.03. The van der Waals surface area contributed by atoms with Crippen molar-refractivity contribution >= 4 is 32.6 Å². The predicted octanol–water partition coefficient (Wildman–Crippen LogP) is 7.81. The van der Waals surface area contributed by atoms with Gasteiger partial charge >= 0.3 is 6.18 Å². The van der Waals surface area contributed by atoms with Crippen molar-refractivity contribution in [2.45, 2.75) is 19.6 Å². The number of aromatic nitrogens is 2. The van der Waals surface area contributed by atoms with Gasteiger partial charge in [-0.25, -0.2) is 4.57 Å². The van der Waals surface area contributed by atoms with Crippen molar-refractivity contribution in [1.29, 1.82) is 0 Å². The van der Waals surface area contributed by atoms with E-state index in [1.54, 1.807) is 12.1 Å². The van der Waals surface area contributed by atoms with E-state index in [0.717, 1.165) is 39.7 Å². The predicted molar refractivity (Wildman–Crippen MR) is 139 cm³/mol. The van der Waals surface area contributed by atoms with E-state index < -0.39 is 11.7 Å². The lowest BCUT2D eigenvalue weighted by molar-refractivity contribution is -0.643. The Morgan fingerprint density at radius 3 is 2.33 bits per heavy atom. The molecule has 0 bridgehead atoms. The fourth-order valence-electron chi connectivity index (χ4n) is 5.16. The summed E-state index contributed by atoms with van der Waals surface area (Å²) in [5, 5.41) is 4.78. The van der Waals surface area contributed by atoms with Crippen LogP contribution in [0.1, 0.15) is 16.7 Å². The molecule has 0 atom stereocenters. The van der Waals surface area contributed by atoms with Gasteiger partial charge in [-0.3, -0.25) is 0 Å². The summed E-state index contributed by atoms with van der Waals surface area (Å²) in [6.07, 6.45) is -0.164. The molecule has 0 aliphatic rings. The van der Waals surface area contributed by atoms with Crippen molar-refractivity contribution < 1.29 is 17.7 Å². The first-order chi connectivity index (χ1) is 17.3. The lowest BCUT2D eigenvalue weighted by Crippen LogP contribution is -2.28. The van der Waals surface area contributed by atoms with E-state index in [-0.39, 0.29) is 0 Å². The number of hydrogen-bond donors (Lipinski definition) is 0. The largest absolute Gasteiger partial charge is 0.416 e. The van der Waals surface area contributed by atoms with Gasteiger partial charge < -0.3 is 4.57 Å². The smallest absolute Gasteiger partial charge is 0.343 e. The Morgan fingerprint density at radius 2 is 1.56 bits per heavy atom. The maximum absolute atomic E-state index is 12.9. The zero-order valence-corrected chi connectivity index (χ0v) is 20.0. The van der Waals surface area contributed by atoms with Gasteiger partial charge in [-0.1, -0.05) is 36.4 Å². The van der Waals surface area contributed by atoms with Gasteiger partial charge in [0.1, 0.15) is 7.05 Å². The van der Waals surface area contributed by atoms with Crippen LogP contribution in [0.2, 0.25) is 0 Å². The van der Waals surface area contributed by atoms with E-state index >= 15 is 0 Å². The van der Waals surface area contributed by atoms with E-state index in [1.807, 2.05) is 12.3 Å². The van der Waals surface area contributed by atoms with Crippen LogP contribution in [0.5, 0.6) is 0 Å². The summed E-state index contributed by atoms with van der Waals surface area (Å²) in [7, 11) is 2.07. The van der Waals surface area contributed by atoms with Crippen LogP contribution >= 0.6 is 0 Å². The van der Waals surface area contributed by atoms with E-state index in [9.17, 15) is 13.2 Å². The van der Waals surface area contributed by atoms with Gasteiger partial charge in [0, 0.05) is 35.1 Å². The molecule has 2 nitrogen and oxygen atoms in total. The van der Waals surface area contributed by atoms with Gasteiger partial charge in [-0.05, 0) is 77.0 Å². The van der Waals surface area contributed by atoms with Gasteiger partial charge in [-0.2, -0.15) is 13.2 Å². The molecule has 0 aliphatic carbocycles. The van der Waals surface area contributed by atoms with Crippen molar-refractivity contribution in [2.24, 2.45) is 7.05 Å². The second-order valence-corrected chi connectivity index (χ2v) is 9.42. The minimum atomic E-state index is -4.33. The number of hydrogen-bond acceptors (Lipinski definition) is 0. The second kappa shape index (κ2) is 8.23. The number of alkyl halides is 3. The summed E-state index contributed by atoms with van der Waals surface area (Å²) in [4.78, 5) is 0. The van der Waals surface area contributed by atoms with Crippen LogP contribution in [0.3, 0.4) is 0 Å². The molecule has 0 fully saturated rings. The van der Waals surface area contributed by atoms with Crippen molar-refractivity contribution in [2.75, 3.05) is 0 Å². The molecule has 4 aromatic carbocycles. The number of pyridine rings is 1. The standard InChI is InChI=1S/C31H24F3N2/c1-20-4-3-5-25-19-35(2)28-13-10-23(16-27(28)30(20)25)24-9-8-22-14-15-36(29(22)17-24)18-21-6-11-26(12-7-21)31(32,33)34/h3-17,19H,18H2,1-2H3/q+1. The van der Waals surface area contributed by atoms with E-state index in [0.29, 0.717) is 6.54 Å². The zero-order valence-electron chi connectivity index (χ0n) is 20.0. The third-order valence-corrected chi connectivity index (χ3v) is 7.03. The molecule has 0 spiro atoms. The van der Waals surface area contributed by atoms with Crippen molar-refractivity contribution in [3.8, 4) is 11.1 Å². The van der Waals surface area contributed by atoms with Gasteiger partial charge in [0.2, 0.25) is 5.52 Å². The number of fused-ring (bicyclic) bond motifs is 4. The van der Waals surface area contributed by atoms with Crippen LogP contribution in [0.4, 0.5) is 13.2 Å². The molecule has 0 saturated heterocycles. The Kier molecular flexibility index (Phi) is 5.11. The minimum absolute atomic E-state index is 0.502. The van der Waals surface area contributed by atoms with Crippen LogP contribution in [0.25, 0.3) is 43.7 Å². The van der Waals surface area contributed by atoms with E-state index in [1.165, 1.54) is 27.2 Å². The molecule has 5 heteroatoms. The lowest BCUT2D eigenvalue weighted by Gasteiger charge is -2.11. The molecule has 2 heterocycles. The van der Waals surface area contributed by atoms with Crippen molar-refractivity contribution in [3.05, 3.63) is 114 Å². The van der Waals surface area contributed by atoms with Crippen LogP contribution in [0.15, 0.2) is 97.3 Å². The molecule has 0 aliphatic heterocycles. The highest BCUT2D eigenvalue weighted by Gasteiger charge is 2.29. The highest BCUT2D eigenvalue weighted by Crippen LogP contribution is 2.32. The third kappa shape index (κ3) is 3.81. The van der Waals surface area contributed by atoms with Crippen molar-refractivity contribution in [3.63, 3.8) is 0 Å². The Morgan fingerprint density at radius 1 is 0.806 bits per heavy atom. The minimum Gasteiger partial charge on any atom is -0.343 e. The van der Waals surface area contributed by atoms with Crippen LogP contribution < -0.4 is 4.57 Å². The summed E-state index contributed by atoms with van der Waals surface area (Å²) in [5.74, 6) is 0. The molecule has 178 valence electrons. The Hall–Kier alpha value is -4.12. The number of halogens is 3. The van der Waals surface area contributed by atoms with E-state index in [4.69, 9.17) is 0 Å². The maximum atomic E-state index is 12.9. The molecule has 36 heavy (non-hydrogen) atoms. The highest BCUT2D eigenvalue weighted by molar-refractivity contribution is 6.07. The molecule has 0 amide bonds. The van der Waals surface area contributed by atoms with Crippen LogP contribution in [0, 0.1) is 6.92 Å². The molecule has 0 N–H and O–H groups in total. The molecular formula is C31H24F3N2+. The number of benzene rings is 4. The summed E-state index contributed by atoms with van der Waals surface area (Å²) in [6.45, 7) is 2.65. The lowest BCUT2D eigenvalue weighted by atomic mass is 9.97. The molecule has 6 aromatic rings. The average molecular weight is 482 g/mol. The van der Waals surface area contributed by atoms with Gasteiger partial charge in [0.15, 0.2) is 6.20 Å². The Labute approximate surface area is 206 Å². The molecular weight excluding hydrogens is 457 g/mol. The normalized spacial score (nSPS) is 12.1. The van der Waals surface area contributed by atoms with Gasteiger partial charge in [-0.15, -0.1) is 0 Å². The Bertz CT molecular complexity index is 1760. The van der Waals surface area contributed by atoms with Crippen LogP contribution in [-0.4, -0.2) is 4.57 Å². The van der Waals surface area contributed by atoms with Crippen molar-refractivity contribution in [1.82, 2.24) is 4.57 Å². The molecule has 0 unspecified atom stereocenters. The molecule has 0 radical (unpaired) electrons. The fraction of sp³-hybridized carbons (Fsp3) is 0.129. The van der Waals surface area contributed by atoms with Gasteiger partial charge in [0.25, 0.3) is 0 Å². The summed E-state index contributed by atoms with van der Waals surface area (Å²) in [6, 6.07) is 26.8. The number of aryl methyl sites for hydroxylation is 2. The quantitative estimate of drug-likeness (QED) is 0.180. The molecule has 6 rings (SSSR count). The summed E-state index contributed by atoms with van der Waals surface area (Å²) >= 11 is 0. The highest BCUT2D eigenvalue weighted by atomic mass is 19.4.